The summed E-state index contributed by atoms with van der Waals surface area (Å²) in [6.45, 7) is 0. The molecule has 2 rings (SSSR count). The second kappa shape index (κ2) is 4.83. The van der Waals surface area contributed by atoms with E-state index in [1.165, 1.54) is 12.2 Å². The van der Waals surface area contributed by atoms with Crippen LogP contribution in [0.4, 0.5) is 5.69 Å². The number of aryl methyl sites for hydroxylation is 1. The Bertz CT molecular complexity index is 530. The van der Waals surface area contributed by atoms with Crippen molar-refractivity contribution in [2.24, 2.45) is 0 Å². The lowest BCUT2D eigenvalue weighted by atomic mass is 10.1. The number of imide groups is 1. The van der Waals surface area contributed by atoms with Gasteiger partial charge >= 0.3 is 5.97 Å². The number of benzene rings is 1. The van der Waals surface area contributed by atoms with Gasteiger partial charge in [-0.15, -0.1) is 0 Å². The molecule has 0 atom stereocenters. The lowest BCUT2D eigenvalue weighted by molar-refractivity contribution is -0.137. The van der Waals surface area contributed by atoms with Crippen LogP contribution in [0.15, 0.2) is 36.4 Å². The molecule has 92 valence electrons. The molecule has 5 heteroatoms. The van der Waals surface area contributed by atoms with E-state index in [0.29, 0.717) is 12.1 Å². The van der Waals surface area contributed by atoms with E-state index in [4.69, 9.17) is 5.11 Å². The number of aliphatic carboxylic acids is 1. The molecule has 0 aromatic heterocycles. The number of carboxylic acids is 1. The maximum atomic E-state index is 11.5. The molecular weight excluding hydrogens is 234 g/mol. The predicted molar refractivity (Wildman–Crippen MR) is 64.0 cm³/mol. The number of anilines is 1. The summed E-state index contributed by atoms with van der Waals surface area (Å²) in [5, 5.41) is 8.61. The minimum Gasteiger partial charge on any atom is -0.481 e. The Morgan fingerprint density at radius 3 is 2.44 bits per heavy atom. The summed E-state index contributed by atoms with van der Waals surface area (Å²) in [6.07, 6.45) is 2.81. The molecule has 2 amide bonds. The first-order chi connectivity index (χ1) is 8.58. The normalized spacial score (nSPS) is 14.3. The van der Waals surface area contributed by atoms with Crippen LogP contribution in [0.3, 0.4) is 0 Å². The first-order valence-electron chi connectivity index (χ1n) is 5.45. The number of nitrogens with zero attached hydrogens (tertiary/aromatic N) is 1. The Kier molecular flexibility index (Phi) is 3.23. The highest BCUT2D eigenvalue weighted by molar-refractivity contribution is 6.28. The highest BCUT2D eigenvalue weighted by Gasteiger charge is 2.24. The standard InChI is InChI=1S/C13H11NO4/c15-11-5-6-12(16)14(11)10-3-1-2-9(8-10)4-7-13(17)18/h1-3,5-6,8H,4,7H2,(H,17,18). The van der Waals surface area contributed by atoms with Crippen molar-refractivity contribution < 1.29 is 19.5 Å². The Hall–Kier alpha value is -2.43. The predicted octanol–water partition coefficient (Wildman–Crippen LogP) is 1.13. The fourth-order valence-corrected chi connectivity index (χ4v) is 1.76. The number of rotatable bonds is 4. The largest absolute Gasteiger partial charge is 0.481 e. The van der Waals surface area contributed by atoms with Gasteiger partial charge in [-0.2, -0.15) is 0 Å². The summed E-state index contributed by atoms with van der Waals surface area (Å²) in [4.78, 5) is 34.5. The van der Waals surface area contributed by atoms with Gasteiger partial charge in [-0.1, -0.05) is 12.1 Å². The van der Waals surface area contributed by atoms with E-state index in [9.17, 15) is 14.4 Å². The van der Waals surface area contributed by atoms with E-state index in [0.717, 1.165) is 10.5 Å². The Balaban J connectivity index is 2.19. The number of carbonyl (C=O) groups is 3. The van der Waals surface area contributed by atoms with Gasteiger partial charge in [0.1, 0.15) is 0 Å². The zero-order valence-electron chi connectivity index (χ0n) is 9.50. The van der Waals surface area contributed by atoms with Crippen LogP contribution in [0.1, 0.15) is 12.0 Å². The van der Waals surface area contributed by atoms with Crippen LogP contribution < -0.4 is 4.90 Å². The molecule has 0 bridgehead atoms. The van der Waals surface area contributed by atoms with Gasteiger partial charge in [-0.25, -0.2) is 4.90 Å². The van der Waals surface area contributed by atoms with E-state index in [1.54, 1.807) is 24.3 Å². The molecule has 1 aromatic rings. The molecule has 0 saturated heterocycles. The molecule has 0 unspecified atom stereocenters. The molecule has 0 aliphatic carbocycles. The minimum atomic E-state index is -0.879. The van der Waals surface area contributed by atoms with Gasteiger partial charge in [-0.3, -0.25) is 14.4 Å². The van der Waals surface area contributed by atoms with E-state index >= 15 is 0 Å². The summed E-state index contributed by atoms with van der Waals surface area (Å²) < 4.78 is 0. The highest BCUT2D eigenvalue weighted by atomic mass is 16.4. The number of hydrogen-bond acceptors (Lipinski definition) is 3. The molecular formula is C13H11NO4. The van der Waals surface area contributed by atoms with Crippen LogP contribution in [0, 0.1) is 0 Å². The summed E-state index contributed by atoms with van der Waals surface area (Å²) >= 11 is 0. The smallest absolute Gasteiger partial charge is 0.303 e. The monoisotopic (exact) mass is 245 g/mol. The number of carbonyl (C=O) groups excluding carboxylic acids is 2. The third-order valence-electron chi connectivity index (χ3n) is 2.61. The average molecular weight is 245 g/mol. The Morgan fingerprint density at radius 2 is 1.83 bits per heavy atom. The highest BCUT2D eigenvalue weighted by Crippen LogP contribution is 2.20. The van der Waals surface area contributed by atoms with E-state index in [2.05, 4.69) is 0 Å². The third kappa shape index (κ3) is 2.45. The van der Waals surface area contributed by atoms with Gasteiger partial charge in [0.15, 0.2) is 0 Å². The molecule has 1 aliphatic heterocycles. The van der Waals surface area contributed by atoms with Crippen molar-refractivity contribution in [3.63, 3.8) is 0 Å². The molecule has 1 N–H and O–H groups in total. The van der Waals surface area contributed by atoms with Crippen LogP contribution in [0.25, 0.3) is 0 Å². The van der Waals surface area contributed by atoms with Crippen molar-refractivity contribution in [3.05, 3.63) is 42.0 Å². The lowest BCUT2D eigenvalue weighted by Gasteiger charge is -2.14. The van der Waals surface area contributed by atoms with Crippen LogP contribution in [0.5, 0.6) is 0 Å². The molecule has 0 radical (unpaired) electrons. The summed E-state index contributed by atoms with van der Waals surface area (Å²) in [5.41, 5.74) is 1.25. The molecule has 5 nitrogen and oxygen atoms in total. The van der Waals surface area contributed by atoms with Crippen molar-refractivity contribution in [2.75, 3.05) is 4.90 Å². The summed E-state index contributed by atoms with van der Waals surface area (Å²) in [5.74, 6) is -1.64. The van der Waals surface area contributed by atoms with E-state index in [-0.39, 0.29) is 18.2 Å². The molecule has 1 aromatic carbocycles. The van der Waals surface area contributed by atoms with Gasteiger partial charge in [0.2, 0.25) is 0 Å². The second-order valence-corrected chi connectivity index (χ2v) is 3.91. The zero-order valence-corrected chi connectivity index (χ0v) is 9.50. The summed E-state index contributed by atoms with van der Waals surface area (Å²) in [7, 11) is 0. The molecule has 0 saturated carbocycles. The van der Waals surface area contributed by atoms with Crippen LogP contribution in [0.2, 0.25) is 0 Å². The van der Waals surface area contributed by atoms with Gasteiger partial charge in [0.25, 0.3) is 11.8 Å². The number of amides is 2. The minimum absolute atomic E-state index is 0.0175. The second-order valence-electron chi connectivity index (χ2n) is 3.91. The Morgan fingerprint density at radius 1 is 1.17 bits per heavy atom. The zero-order chi connectivity index (χ0) is 13.1. The van der Waals surface area contributed by atoms with Crippen molar-refractivity contribution in [2.45, 2.75) is 12.8 Å². The quantitative estimate of drug-likeness (QED) is 0.807. The van der Waals surface area contributed by atoms with Crippen LogP contribution >= 0.6 is 0 Å². The topological polar surface area (TPSA) is 74.7 Å². The van der Waals surface area contributed by atoms with Crippen molar-refractivity contribution in [3.8, 4) is 0 Å². The van der Waals surface area contributed by atoms with E-state index < -0.39 is 5.97 Å². The van der Waals surface area contributed by atoms with Crippen molar-refractivity contribution in [1.82, 2.24) is 0 Å². The number of carboxylic acid groups (broad SMARTS) is 1. The average Bonchev–Trinajstić information content (AvgIpc) is 2.67. The SMILES string of the molecule is O=C(O)CCc1cccc(N2C(=O)C=CC2=O)c1. The molecule has 0 fully saturated rings. The fourth-order valence-electron chi connectivity index (χ4n) is 1.76. The molecule has 1 heterocycles. The van der Waals surface area contributed by atoms with Gasteiger partial charge < -0.3 is 5.11 Å². The maximum Gasteiger partial charge on any atom is 0.303 e. The first-order valence-corrected chi connectivity index (χ1v) is 5.45. The van der Waals surface area contributed by atoms with Gasteiger partial charge in [0, 0.05) is 18.6 Å². The van der Waals surface area contributed by atoms with E-state index in [1.807, 2.05) is 0 Å². The van der Waals surface area contributed by atoms with Crippen LogP contribution in [-0.4, -0.2) is 22.9 Å². The van der Waals surface area contributed by atoms with Gasteiger partial charge in [0.05, 0.1) is 5.69 Å². The van der Waals surface area contributed by atoms with Gasteiger partial charge in [-0.05, 0) is 24.1 Å². The number of hydrogen-bond donors (Lipinski definition) is 1. The molecule has 18 heavy (non-hydrogen) atoms. The summed E-state index contributed by atoms with van der Waals surface area (Å²) in [6, 6.07) is 6.77. The van der Waals surface area contributed by atoms with Crippen LogP contribution in [-0.2, 0) is 20.8 Å². The molecule has 1 aliphatic rings. The first kappa shape index (κ1) is 12.0. The Labute approximate surface area is 103 Å². The third-order valence-corrected chi connectivity index (χ3v) is 2.61. The maximum absolute atomic E-state index is 11.5. The molecule has 0 spiro atoms. The van der Waals surface area contributed by atoms with Crippen molar-refractivity contribution in [1.29, 1.82) is 0 Å². The fraction of sp³-hybridized carbons (Fsp3) is 0.154. The lowest BCUT2D eigenvalue weighted by Crippen LogP contribution is -2.29. The van der Waals surface area contributed by atoms with Crippen molar-refractivity contribution >= 4 is 23.5 Å².